The standard InChI is InChI=1S/C20H21N/c1-13-12-18(16(4)15(3)14(13)2)20-11-10-19(21-20)17-8-6-5-7-9-17/h5-12,21H,1-4H3. The number of hydrogen-bond donors (Lipinski definition) is 1. The van der Waals surface area contributed by atoms with E-state index in [-0.39, 0.29) is 0 Å². The lowest BCUT2D eigenvalue weighted by Crippen LogP contribution is -1.94. The van der Waals surface area contributed by atoms with Crippen LogP contribution in [-0.2, 0) is 0 Å². The van der Waals surface area contributed by atoms with Crippen LogP contribution in [0, 0.1) is 27.7 Å². The van der Waals surface area contributed by atoms with E-state index in [1.807, 2.05) is 6.07 Å². The topological polar surface area (TPSA) is 15.8 Å². The molecule has 3 aromatic rings. The van der Waals surface area contributed by atoms with Gasteiger partial charge in [0.25, 0.3) is 0 Å². The van der Waals surface area contributed by atoms with Crippen molar-refractivity contribution in [3.8, 4) is 22.5 Å². The Kier molecular flexibility index (Phi) is 3.42. The van der Waals surface area contributed by atoms with Gasteiger partial charge in [0.1, 0.15) is 0 Å². The molecule has 0 aliphatic carbocycles. The molecule has 0 amide bonds. The Morgan fingerprint density at radius 2 is 1.33 bits per heavy atom. The molecule has 0 atom stereocenters. The molecule has 1 heterocycles. The lowest BCUT2D eigenvalue weighted by Gasteiger charge is -2.13. The summed E-state index contributed by atoms with van der Waals surface area (Å²) in [6.45, 7) is 8.81. The molecule has 0 aliphatic heterocycles. The fourth-order valence-electron chi connectivity index (χ4n) is 2.83. The SMILES string of the molecule is Cc1cc(-c2ccc(-c3ccccc3)[nH]2)c(C)c(C)c1C. The quantitative estimate of drug-likeness (QED) is 0.628. The van der Waals surface area contributed by atoms with Gasteiger partial charge in [-0.2, -0.15) is 0 Å². The first kappa shape index (κ1) is 13.7. The van der Waals surface area contributed by atoms with E-state index < -0.39 is 0 Å². The molecule has 1 aromatic heterocycles. The lowest BCUT2D eigenvalue weighted by molar-refractivity contribution is 1.21. The van der Waals surface area contributed by atoms with Crippen molar-refractivity contribution in [3.05, 3.63) is 70.8 Å². The maximum atomic E-state index is 3.56. The molecule has 0 saturated heterocycles. The van der Waals surface area contributed by atoms with Crippen LogP contribution in [0.15, 0.2) is 48.5 Å². The summed E-state index contributed by atoms with van der Waals surface area (Å²) in [5.41, 5.74) is 10.4. The second kappa shape index (κ2) is 5.25. The Morgan fingerprint density at radius 1 is 0.667 bits per heavy atom. The van der Waals surface area contributed by atoms with E-state index >= 15 is 0 Å². The molecule has 0 fully saturated rings. The van der Waals surface area contributed by atoms with Crippen LogP contribution in [0.3, 0.4) is 0 Å². The zero-order valence-corrected chi connectivity index (χ0v) is 13.1. The van der Waals surface area contributed by atoms with Gasteiger partial charge < -0.3 is 4.98 Å². The van der Waals surface area contributed by atoms with E-state index in [1.54, 1.807) is 0 Å². The van der Waals surface area contributed by atoms with Gasteiger partial charge in [-0.3, -0.25) is 0 Å². The van der Waals surface area contributed by atoms with Gasteiger partial charge in [0.05, 0.1) is 0 Å². The molecule has 0 aliphatic rings. The van der Waals surface area contributed by atoms with E-state index in [9.17, 15) is 0 Å². The van der Waals surface area contributed by atoms with Crippen LogP contribution in [0.25, 0.3) is 22.5 Å². The summed E-state index contributed by atoms with van der Waals surface area (Å²) < 4.78 is 0. The van der Waals surface area contributed by atoms with Crippen molar-refractivity contribution in [3.63, 3.8) is 0 Å². The largest absolute Gasteiger partial charge is 0.355 e. The minimum atomic E-state index is 1.17. The van der Waals surface area contributed by atoms with Crippen LogP contribution in [0.4, 0.5) is 0 Å². The highest BCUT2D eigenvalue weighted by Crippen LogP contribution is 2.31. The molecular weight excluding hydrogens is 254 g/mol. The second-order valence-corrected chi connectivity index (χ2v) is 5.77. The number of aromatic amines is 1. The Morgan fingerprint density at radius 3 is 2.05 bits per heavy atom. The van der Waals surface area contributed by atoms with Crippen LogP contribution in [0.5, 0.6) is 0 Å². The number of H-pyrrole nitrogens is 1. The summed E-state index contributed by atoms with van der Waals surface area (Å²) in [5, 5.41) is 0. The van der Waals surface area contributed by atoms with Crippen LogP contribution in [0.2, 0.25) is 0 Å². The lowest BCUT2D eigenvalue weighted by atomic mass is 9.93. The monoisotopic (exact) mass is 275 g/mol. The van der Waals surface area contributed by atoms with E-state index in [2.05, 4.69) is 75.1 Å². The van der Waals surface area contributed by atoms with Gasteiger partial charge in [0, 0.05) is 17.0 Å². The Labute approximate surface area is 126 Å². The van der Waals surface area contributed by atoms with E-state index in [1.165, 1.54) is 44.8 Å². The van der Waals surface area contributed by atoms with Crippen molar-refractivity contribution in [2.75, 3.05) is 0 Å². The van der Waals surface area contributed by atoms with E-state index in [4.69, 9.17) is 0 Å². The maximum Gasteiger partial charge on any atom is 0.0461 e. The normalized spacial score (nSPS) is 10.9. The molecular formula is C20H21N. The first-order chi connectivity index (χ1) is 10.1. The third-order valence-electron chi connectivity index (χ3n) is 4.54. The molecule has 3 rings (SSSR count). The third kappa shape index (κ3) is 2.40. The van der Waals surface area contributed by atoms with Crippen LogP contribution >= 0.6 is 0 Å². The zero-order chi connectivity index (χ0) is 15.0. The molecule has 1 N–H and O–H groups in total. The van der Waals surface area contributed by atoms with Crippen LogP contribution < -0.4 is 0 Å². The van der Waals surface area contributed by atoms with Crippen molar-refractivity contribution in [1.82, 2.24) is 4.98 Å². The predicted molar refractivity (Wildman–Crippen MR) is 90.6 cm³/mol. The molecule has 0 radical (unpaired) electrons. The Balaban J connectivity index is 2.09. The number of aromatic nitrogens is 1. The van der Waals surface area contributed by atoms with Gasteiger partial charge in [-0.05, 0) is 73.7 Å². The Bertz CT molecular complexity index is 779. The molecule has 2 aromatic carbocycles. The number of benzene rings is 2. The van der Waals surface area contributed by atoms with Gasteiger partial charge in [-0.25, -0.2) is 0 Å². The molecule has 0 spiro atoms. The van der Waals surface area contributed by atoms with Gasteiger partial charge in [-0.15, -0.1) is 0 Å². The predicted octanol–water partition coefficient (Wildman–Crippen LogP) is 5.58. The highest BCUT2D eigenvalue weighted by Gasteiger charge is 2.11. The molecule has 0 saturated carbocycles. The van der Waals surface area contributed by atoms with Gasteiger partial charge in [0.15, 0.2) is 0 Å². The highest BCUT2D eigenvalue weighted by molar-refractivity contribution is 5.72. The molecule has 0 bridgehead atoms. The van der Waals surface area contributed by atoms with Crippen molar-refractivity contribution < 1.29 is 0 Å². The average Bonchev–Trinajstić information content (AvgIpc) is 2.99. The highest BCUT2D eigenvalue weighted by atomic mass is 14.7. The fourth-order valence-corrected chi connectivity index (χ4v) is 2.83. The first-order valence-electron chi connectivity index (χ1n) is 7.40. The smallest absolute Gasteiger partial charge is 0.0461 e. The number of rotatable bonds is 2. The third-order valence-corrected chi connectivity index (χ3v) is 4.54. The van der Waals surface area contributed by atoms with Crippen molar-refractivity contribution >= 4 is 0 Å². The zero-order valence-electron chi connectivity index (χ0n) is 13.1. The fraction of sp³-hybridized carbons (Fsp3) is 0.200. The molecule has 0 unspecified atom stereocenters. The van der Waals surface area contributed by atoms with Gasteiger partial charge >= 0.3 is 0 Å². The maximum absolute atomic E-state index is 3.56. The minimum absolute atomic E-state index is 1.17. The van der Waals surface area contributed by atoms with Gasteiger partial charge in [0.2, 0.25) is 0 Å². The summed E-state index contributed by atoms with van der Waals surface area (Å²) in [4.78, 5) is 3.56. The van der Waals surface area contributed by atoms with Crippen LogP contribution in [-0.4, -0.2) is 4.98 Å². The molecule has 1 nitrogen and oxygen atoms in total. The number of aryl methyl sites for hydroxylation is 1. The minimum Gasteiger partial charge on any atom is -0.355 e. The van der Waals surface area contributed by atoms with Crippen LogP contribution in [0.1, 0.15) is 22.3 Å². The van der Waals surface area contributed by atoms with Gasteiger partial charge in [-0.1, -0.05) is 30.3 Å². The molecule has 1 heteroatoms. The Hall–Kier alpha value is -2.28. The average molecular weight is 275 g/mol. The van der Waals surface area contributed by atoms with Crippen molar-refractivity contribution in [1.29, 1.82) is 0 Å². The number of hydrogen-bond acceptors (Lipinski definition) is 0. The van der Waals surface area contributed by atoms with E-state index in [0.29, 0.717) is 0 Å². The summed E-state index contributed by atoms with van der Waals surface area (Å²) in [5.74, 6) is 0. The summed E-state index contributed by atoms with van der Waals surface area (Å²) >= 11 is 0. The second-order valence-electron chi connectivity index (χ2n) is 5.77. The summed E-state index contributed by atoms with van der Waals surface area (Å²) in [6.07, 6.45) is 0. The molecule has 21 heavy (non-hydrogen) atoms. The molecule has 106 valence electrons. The summed E-state index contributed by atoms with van der Waals surface area (Å²) in [7, 11) is 0. The summed E-state index contributed by atoms with van der Waals surface area (Å²) in [6, 6.07) is 17.1. The van der Waals surface area contributed by atoms with E-state index in [0.717, 1.165) is 0 Å². The number of nitrogens with one attached hydrogen (secondary N) is 1. The van der Waals surface area contributed by atoms with Crippen molar-refractivity contribution in [2.24, 2.45) is 0 Å². The van der Waals surface area contributed by atoms with Crippen molar-refractivity contribution in [2.45, 2.75) is 27.7 Å². The first-order valence-corrected chi connectivity index (χ1v) is 7.40.